The number of nitrogens with two attached hydrogens (primary N) is 1. The van der Waals surface area contributed by atoms with E-state index >= 15 is 0 Å². The van der Waals surface area contributed by atoms with Crippen molar-refractivity contribution in [2.24, 2.45) is 5.92 Å². The van der Waals surface area contributed by atoms with E-state index in [0.29, 0.717) is 0 Å². The molecule has 0 amide bonds. The molecule has 0 bridgehead atoms. The van der Waals surface area contributed by atoms with Gasteiger partial charge in [-0.3, -0.25) is 0 Å². The van der Waals surface area contributed by atoms with Crippen molar-refractivity contribution in [3.05, 3.63) is 29.8 Å². The first-order chi connectivity index (χ1) is 7.29. The number of hydrogen-bond acceptors (Lipinski definition) is 1. The summed E-state index contributed by atoms with van der Waals surface area (Å²) in [6, 6.07) is 8.48. The van der Waals surface area contributed by atoms with E-state index in [1.54, 1.807) is 0 Å². The van der Waals surface area contributed by atoms with Crippen LogP contribution in [0, 0.1) is 5.92 Å². The lowest BCUT2D eigenvalue weighted by Crippen LogP contribution is -2.13. The first kappa shape index (κ1) is 10.5. The lowest BCUT2D eigenvalue weighted by molar-refractivity contribution is 0.314. The summed E-state index contributed by atoms with van der Waals surface area (Å²) in [6.07, 6.45) is 6.90. The first-order valence-electron chi connectivity index (χ1n) is 6.15. The van der Waals surface area contributed by atoms with E-state index in [-0.39, 0.29) is 0 Å². The number of benzene rings is 1. The Morgan fingerprint density at radius 2 is 1.93 bits per heavy atom. The fraction of sp³-hybridized carbons (Fsp3) is 0.571. The second-order valence-electron chi connectivity index (χ2n) is 4.80. The van der Waals surface area contributed by atoms with Crippen molar-refractivity contribution >= 4 is 5.69 Å². The summed E-state index contributed by atoms with van der Waals surface area (Å²) >= 11 is 0. The van der Waals surface area contributed by atoms with Crippen LogP contribution in [0.3, 0.4) is 0 Å². The predicted molar refractivity (Wildman–Crippen MR) is 65.8 cm³/mol. The second-order valence-corrected chi connectivity index (χ2v) is 4.80. The minimum absolute atomic E-state index is 0.782. The van der Waals surface area contributed by atoms with Crippen molar-refractivity contribution in [2.45, 2.75) is 44.9 Å². The average molecular weight is 203 g/mol. The molecule has 2 N–H and O–H groups in total. The van der Waals surface area contributed by atoms with Gasteiger partial charge in [-0.15, -0.1) is 0 Å². The van der Waals surface area contributed by atoms with Crippen molar-refractivity contribution in [1.82, 2.24) is 0 Å². The zero-order chi connectivity index (χ0) is 10.7. The molecular weight excluding hydrogens is 182 g/mol. The van der Waals surface area contributed by atoms with Gasteiger partial charge in [-0.1, -0.05) is 38.3 Å². The normalized spacial score (nSPS) is 26.5. The summed E-state index contributed by atoms with van der Waals surface area (Å²) in [7, 11) is 0. The summed E-state index contributed by atoms with van der Waals surface area (Å²) in [4.78, 5) is 0. The smallest absolute Gasteiger partial charge is 0.0314 e. The Bertz CT molecular complexity index is 302. The maximum Gasteiger partial charge on any atom is 0.0314 e. The van der Waals surface area contributed by atoms with Gasteiger partial charge in [0, 0.05) is 5.69 Å². The highest BCUT2D eigenvalue weighted by Gasteiger charge is 2.21. The molecule has 1 fully saturated rings. The Labute approximate surface area is 92.7 Å². The molecule has 1 aliphatic carbocycles. The summed E-state index contributed by atoms with van der Waals surface area (Å²) in [5, 5.41) is 0. The van der Waals surface area contributed by atoms with Crippen LogP contribution in [0.5, 0.6) is 0 Å². The van der Waals surface area contributed by atoms with Crippen molar-refractivity contribution in [1.29, 1.82) is 0 Å². The molecule has 1 heteroatoms. The molecule has 0 radical (unpaired) electrons. The third-order valence-corrected chi connectivity index (χ3v) is 3.77. The Morgan fingerprint density at radius 3 is 2.60 bits per heavy atom. The highest BCUT2D eigenvalue weighted by molar-refractivity contribution is 5.40. The van der Waals surface area contributed by atoms with E-state index in [1.807, 2.05) is 12.1 Å². The highest BCUT2D eigenvalue weighted by Crippen LogP contribution is 2.37. The molecule has 82 valence electrons. The Hall–Kier alpha value is -0.980. The lowest BCUT2D eigenvalue weighted by atomic mass is 9.77. The van der Waals surface area contributed by atoms with Crippen LogP contribution < -0.4 is 5.73 Å². The fourth-order valence-electron chi connectivity index (χ4n) is 2.73. The van der Waals surface area contributed by atoms with Crippen LogP contribution in [-0.4, -0.2) is 0 Å². The van der Waals surface area contributed by atoms with Gasteiger partial charge in [-0.25, -0.2) is 0 Å². The van der Waals surface area contributed by atoms with Gasteiger partial charge in [0.15, 0.2) is 0 Å². The van der Waals surface area contributed by atoms with E-state index in [2.05, 4.69) is 19.1 Å². The molecule has 0 unspecified atom stereocenters. The number of anilines is 1. The summed E-state index contributed by atoms with van der Waals surface area (Å²) in [5.74, 6) is 1.73. The van der Waals surface area contributed by atoms with Crippen molar-refractivity contribution in [3.63, 3.8) is 0 Å². The van der Waals surface area contributed by atoms with Gasteiger partial charge in [0.2, 0.25) is 0 Å². The Morgan fingerprint density at radius 1 is 1.20 bits per heavy atom. The Kier molecular flexibility index (Phi) is 3.30. The molecule has 2 rings (SSSR count). The minimum Gasteiger partial charge on any atom is -0.399 e. The molecule has 1 aromatic carbocycles. The third-order valence-electron chi connectivity index (χ3n) is 3.77. The van der Waals surface area contributed by atoms with E-state index in [1.165, 1.54) is 37.7 Å². The molecule has 15 heavy (non-hydrogen) atoms. The molecule has 1 aliphatic rings. The highest BCUT2D eigenvalue weighted by atomic mass is 14.5. The van der Waals surface area contributed by atoms with E-state index in [0.717, 1.165) is 17.5 Å². The molecule has 0 spiro atoms. The molecule has 0 aliphatic heterocycles. The molecule has 1 nitrogen and oxygen atoms in total. The van der Waals surface area contributed by atoms with E-state index < -0.39 is 0 Å². The van der Waals surface area contributed by atoms with Crippen LogP contribution >= 0.6 is 0 Å². The monoisotopic (exact) mass is 203 g/mol. The van der Waals surface area contributed by atoms with Crippen LogP contribution in [0.1, 0.15) is 50.5 Å². The fourth-order valence-corrected chi connectivity index (χ4v) is 2.73. The Balaban J connectivity index is 2.06. The third kappa shape index (κ3) is 2.53. The maximum absolute atomic E-state index is 5.71. The van der Waals surface area contributed by atoms with Crippen LogP contribution in [-0.2, 0) is 0 Å². The van der Waals surface area contributed by atoms with Crippen molar-refractivity contribution in [3.8, 4) is 0 Å². The number of rotatable bonds is 2. The first-order valence-corrected chi connectivity index (χ1v) is 6.15. The number of nitrogen functional groups attached to an aromatic ring is 1. The molecule has 1 saturated carbocycles. The largest absolute Gasteiger partial charge is 0.399 e. The zero-order valence-corrected chi connectivity index (χ0v) is 9.58. The van der Waals surface area contributed by atoms with Gasteiger partial charge in [0.05, 0.1) is 0 Å². The molecule has 2 atom stereocenters. The lowest BCUT2D eigenvalue weighted by Gasteiger charge is -2.28. The van der Waals surface area contributed by atoms with Crippen LogP contribution in [0.25, 0.3) is 0 Å². The summed E-state index contributed by atoms with van der Waals surface area (Å²) in [5.41, 5.74) is 8.07. The van der Waals surface area contributed by atoms with Gasteiger partial charge in [-0.05, 0) is 42.4 Å². The predicted octanol–water partition coefficient (Wildman–Crippen LogP) is 3.95. The van der Waals surface area contributed by atoms with Crippen LogP contribution in [0.4, 0.5) is 5.69 Å². The molecule has 0 saturated heterocycles. The molecular formula is C14H21N. The van der Waals surface area contributed by atoms with Crippen LogP contribution in [0.15, 0.2) is 24.3 Å². The van der Waals surface area contributed by atoms with Gasteiger partial charge in [0.1, 0.15) is 0 Å². The van der Waals surface area contributed by atoms with Gasteiger partial charge in [0.25, 0.3) is 0 Å². The maximum atomic E-state index is 5.71. The van der Waals surface area contributed by atoms with Crippen molar-refractivity contribution < 1.29 is 0 Å². The average Bonchev–Trinajstić information content (AvgIpc) is 2.30. The SMILES string of the molecule is CC[C@@H]1CCC[C@H](c2ccc(N)cc2)C1. The number of hydrogen-bond donors (Lipinski definition) is 1. The quantitative estimate of drug-likeness (QED) is 0.723. The molecule has 0 aromatic heterocycles. The summed E-state index contributed by atoms with van der Waals surface area (Å²) < 4.78 is 0. The van der Waals surface area contributed by atoms with Crippen molar-refractivity contribution in [2.75, 3.05) is 5.73 Å². The van der Waals surface area contributed by atoms with Crippen LogP contribution in [0.2, 0.25) is 0 Å². The summed E-state index contributed by atoms with van der Waals surface area (Å²) in [6.45, 7) is 2.32. The van der Waals surface area contributed by atoms with E-state index in [4.69, 9.17) is 5.73 Å². The van der Waals surface area contributed by atoms with E-state index in [9.17, 15) is 0 Å². The topological polar surface area (TPSA) is 26.0 Å². The standard InChI is InChI=1S/C14H21N/c1-2-11-4-3-5-13(10-11)12-6-8-14(15)9-7-12/h6-9,11,13H,2-5,10,15H2,1H3/t11-,13+/m1/s1. The second kappa shape index (κ2) is 4.69. The van der Waals surface area contributed by atoms with Gasteiger partial charge >= 0.3 is 0 Å². The van der Waals surface area contributed by atoms with Gasteiger partial charge < -0.3 is 5.73 Å². The minimum atomic E-state index is 0.782. The van der Waals surface area contributed by atoms with Gasteiger partial charge in [-0.2, -0.15) is 0 Å². The molecule has 1 aromatic rings. The zero-order valence-electron chi connectivity index (χ0n) is 9.58. The molecule has 0 heterocycles.